The van der Waals surface area contributed by atoms with E-state index in [-0.39, 0.29) is 22.6 Å². The number of benzene rings is 2. The maximum Gasteiger partial charge on any atom is 0.419 e. The zero-order valence-electron chi connectivity index (χ0n) is 12.2. The molecule has 0 bridgehead atoms. The van der Waals surface area contributed by atoms with E-state index in [1.807, 2.05) is 0 Å². The van der Waals surface area contributed by atoms with Crippen LogP contribution in [0.4, 0.5) is 26.3 Å². The van der Waals surface area contributed by atoms with Gasteiger partial charge in [0.1, 0.15) is 17.5 Å². The Labute approximate surface area is 137 Å². The molecule has 0 radical (unpaired) electrons. The zero-order valence-corrected chi connectivity index (χ0v) is 12.2. The zero-order chi connectivity index (χ0) is 18.2. The Kier molecular flexibility index (Phi) is 4.15. The van der Waals surface area contributed by atoms with Crippen LogP contribution >= 0.6 is 0 Å². The van der Waals surface area contributed by atoms with Crippen LogP contribution in [0.15, 0.2) is 42.6 Å². The predicted octanol–water partition coefficient (Wildman–Crippen LogP) is 4.64. The summed E-state index contributed by atoms with van der Waals surface area (Å²) in [5, 5.41) is 7.16. The first-order valence-corrected chi connectivity index (χ1v) is 6.78. The van der Waals surface area contributed by atoms with Crippen molar-refractivity contribution in [3.63, 3.8) is 0 Å². The van der Waals surface area contributed by atoms with Gasteiger partial charge in [0, 0.05) is 11.6 Å². The van der Waals surface area contributed by atoms with Crippen LogP contribution < -0.4 is 0 Å². The number of hydrogen-bond acceptors (Lipinski definition) is 3. The van der Waals surface area contributed by atoms with Crippen molar-refractivity contribution in [2.75, 3.05) is 0 Å². The Balaban J connectivity index is 2.08. The van der Waals surface area contributed by atoms with E-state index in [2.05, 4.69) is 15.2 Å². The Morgan fingerprint density at radius 2 is 1.60 bits per heavy atom. The fourth-order valence-electron chi connectivity index (χ4n) is 2.13. The summed E-state index contributed by atoms with van der Waals surface area (Å²) in [4.78, 5) is 3.93. The Bertz CT molecular complexity index is 939. The van der Waals surface area contributed by atoms with Crippen LogP contribution in [0.25, 0.3) is 22.6 Å². The summed E-state index contributed by atoms with van der Waals surface area (Å²) in [7, 11) is 0. The second kappa shape index (κ2) is 6.15. The van der Waals surface area contributed by atoms with Gasteiger partial charge >= 0.3 is 6.18 Å². The van der Waals surface area contributed by atoms with E-state index in [9.17, 15) is 26.3 Å². The van der Waals surface area contributed by atoms with Gasteiger partial charge < -0.3 is 0 Å². The first-order valence-electron chi connectivity index (χ1n) is 6.78. The summed E-state index contributed by atoms with van der Waals surface area (Å²) in [6.07, 6.45) is -3.83. The summed E-state index contributed by atoms with van der Waals surface area (Å²) >= 11 is 0. The highest BCUT2D eigenvalue weighted by molar-refractivity contribution is 5.63. The van der Waals surface area contributed by atoms with E-state index < -0.39 is 29.2 Å². The van der Waals surface area contributed by atoms with Crippen LogP contribution in [-0.4, -0.2) is 15.2 Å². The lowest BCUT2D eigenvalue weighted by Crippen LogP contribution is -2.08. The van der Waals surface area contributed by atoms with Gasteiger partial charge in [-0.2, -0.15) is 18.3 Å². The SMILES string of the molecule is Fc1ccc(-c2nncc(-c3ccc(F)c(C(F)(F)F)c3)n2)c(F)c1. The molecule has 9 heteroatoms. The summed E-state index contributed by atoms with van der Waals surface area (Å²) in [6, 6.07) is 4.98. The van der Waals surface area contributed by atoms with Gasteiger partial charge in [0.15, 0.2) is 5.82 Å². The van der Waals surface area contributed by atoms with Crippen LogP contribution in [0.5, 0.6) is 0 Å². The van der Waals surface area contributed by atoms with Gasteiger partial charge in [-0.25, -0.2) is 18.2 Å². The Morgan fingerprint density at radius 1 is 0.840 bits per heavy atom. The molecule has 0 fully saturated rings. The molecule has 0 aliphatic carbocycles. The third-order valence-corrected chi connectivity index (χ3v) is 3.30. The monoisotopic (exact) mass is 355 g/mol. The van der Waals surface area contributed by atoms with Gasteiger partial charge in [0.05, 0.1) is 23.0 Å². The highest BCUT2D eigenvalue weighted by Crippen LogP contribution is 2.34. The molecule has 0 aliphatic heterocycles. The minimum Gasteiger partial charge on any atom is -0.225 e. The highest BCUT2D eigenvalue weighted by atomic mass is 19.4. The molecule has 0 aliphatic rings. The minimum absolute atomic E-state index is 0.0702. The summed E-state index contributed by atoms with van der Waals surface area (Å²) < 4.78 is 78.5. The van der Waals surface area contributed by atoms with Crippen LogP contribution in [0, 0.1) is 17.5 Å². The molecule has 3 aromatic rings. The van der Waals surface area contributed by atoms with Crippen molar-refractivity contribution in [1.29, 1.82) is 0 Å². The molecule has 0 spiro atoms. The predicted molar refractivity (Wildman–Crippen MR) is 75.6 cm³/mol. The molecule has 0 amide bonds. The standard InChI is InChI=1S/C16H7F6N3/c17-9-2-3-10(13(19)6-9)15-24-14(7-23-25-15)8-1-4-12(18)11(5-8)16(20,21)22/h1-7H. The van der Waals surface area contributed by atoms with Crippen molar-refractivity contribution >= 4 is 0 Å². The van der Waals surface area contributed by atoms with Gasteiger partial charge in [0.2, 0.25) is 0 Å². The molecule has 0 saturated heterocycles. The number of alkyl halides is 3. The molecule has 0 N–H and O–H groups in total. The number of hydrogen-bond donors (Lipinski definition) is 0. The van der Waals surface area contributed by atoms with Crippen molar-refractivity contribution in [3.8, 4) is 22.6 Å². The molecule has 0 atom stereocenters. The summed E-state index contributed by atoms with van der Waals surface area (Å²) in [5.74, 6) is -3.43. The average Bonchev–Trinajstić information content (AvgIpc) is 2.54. The lowest BCUT2D eigenvalue weighted by molar-refractivity contribution is -0.139. The molecule has 25 heavy (non-hydrogen) atoms. The van der Waals surface area contributed by atoms with Crippen molar-refractivity contribution in [2.24, 2.45) is 0 Å². The van der Waals surface area contributed by atoms with Crippen LogP contribution in [0.1, 0.15) is 5.56 Å². The van der Waals surface area contributed by atoms with E-state index in [1.54, 1.807) is 0 Å². The molecule has 2 aromatic carbocycles. The fourth-order valence-corrected chi connectivity index (χ4v) is 2.13. The van der Waals surface area contributed by atoms with Crippen LogP contribution in [0.2, 0.25) is 0 Å². The van der Waals surface area contributed by atoms with Gasteiger partial charge in [-0.1, -0.05) is 0 Å². The van der Waals surface area contributed by atoms with Crippen LogP contribution in [-0.2, 0) is 6.18 Å². The van der Waals surface area contributed by atoms with E-state index in [1.165, 1.54) is 0 Å². The largest absolute Gasteiger partial charge is 0.419 e. The first kappa shape index (κ1) is 16.9. The first-order chi connectivity index (χ1) is 11.8. The van der Waals surface area contributed by atoms with Crippen molar-refractivity contribution in [1.82, 2.24) is 15.2 Å². The van der Waals surface area contributed by atoms with Crippen molar-refractivity contribution in [2.45, 2.75) is 6.18 Å². The molecule has 1 aromatic heterocycles. The van der Waals surface area contributed by atoms with Gasteiger partial charge in [-0.15, -0.1) is 5.10 Å². The highest BCUT2D eigenvalue weighted by Gasteiger charge is 2.34. The Morgan fingerprint density at radius 3 is 2.28 bits per heavy atom. The van der Waals surface area contributed by atoms with E-state index in [0.717, 1.165) is 24.4 Å². The number of rotatable bonds is 2. The van der Waals surface area contributed by atoms with Gasteiger partial charge in [-0.3, -0.25) is 0 Å². The number of aromatic nitrogens is 3. The maximum atomic E-state index is 13.8. The average molecular weight is 355 g/mol. The molecule has 0 unspecified atom stereocenters. The molecule has 3 nitrogen and oxygen atoms in total. The quantitative estimate of drug-likeness (QED) is 0.629. The minimum atomic E-state index is -4.88. The third kappa shape index (κ3) is 3.44. The fraction of sp³-hybridized carbons (Fsp3) is 0.0625. The second-order valence-corrected chi connectivity index (χ2v) is 4.98. The maximum absolute atomic E-state index is 13.8. The van der Waals surface area contributed by atoms with Gasteiger partial charge in [0.25, 0.3) is 0 Å². The molecular formula is C16H7F6N3. The topological polar surface area (TPSA) is 38.7 Å². The molecule has 1 heterocycles. The molecular weight excluding hydrogens is 348 g/mol. The van der Waals surface area contributed by atoms with Crippen LogP contribution in [0.3, 0.4) is 0 Å². The van der Waals surface area contributed by atoms with E-state index >= 15 is 0 Å². The van der Waals surface area contributed by atoms with Crippen molar-refractivity contribution in [3.05, 3.63) is 65.6 Å². The van der Waals surface area contributed by atoms with Gasteiger partial charge in [-0.05, 0) is 30.3 Å². The second-order valence-electron chi connectivity index (χ2n) is 4.98. The Hall–Kier alpha value is -2.97. The lowest BCUT2D eigenvalue weighted by Gasteiger charge is -2.10. The lowest BCUT2D eigenvalue weighted by atomic mass is 10.1. The van der Waals surface area contributed by atoms with E-state index in [0.29, 0.717) is 18.2 Å². The molecule has 128 valence electrons. The normalized spacial score (nSPS) is 11.6. The van der Waals surface area contributed by atoms with E-state index in [4.69, 9.17) is 0 Å². The van der Waals surface area contributed by atoms with Crippen molar-refractivity contribution < 1.29 is 26.3 Å². The number of halogens is 6. The summed E-state index contributed by atoms with van der Waals surface area (Å²) in [5.41, 5.74) is -1.78. The third-order valence-electron chi connectivity index (χ3n) is 3.30. The summed E-state index contributed by atoms with van der Waals surface area (Å²) in [6.45, 7) is 0. The smallest absolute Gasteiger partial charge is 0.225 e. The molecule has 3 rings (SSSR count). The molecule has 0 saturated carbocycles. The number of nitrogens with zero attached hydrogens (tertiary/aromatic N) is 3.